The normalized spacial score (nSPS) is 13.6. The number of hydrogen-bond donors (Lipinski definition) is 3. The van der Waals surface area contributed by atoms with Crippen molar-refractivity contribution in [2.24, 2.45) is 0 Å². The molecule has 4 nitrogen and oxygen atoms in total. The molecule has 1 aromatic rings. The molecule has 0 heterocycles. The van der Waals surface area contributed by atoms with Crippen LogP contribution in [0.25, 0.3) is 0 Å². The second-order valence-electron chi connectivity index (χ2n) is 4.98. The van der Waals surface area contributed by atoms with Crippen LogP contribution in [0.4, 0.5) is 0 Å². The molecule has 110 valence electrons. The van der Waals surface area contributed by atoms with Crippen LogP contribution >= 0.6 is 0 Å². The van der Waals surface area contributed by atoms with Crippen LogP contribution in [0.15, 0.2) is 35.4 Å². The lowest BCUT2D eigenvalue weighted by Gasteiger charge is -2.17. The number of hydrogen-bond acceptors (Lipinski definition) is 3. The smallest absolute Gasteiger partial charge is 0.247 e. The molecule has 4 heteroatoms. The number of aliphatic hydroxyl groups is 1. The van der Waals surface area contributed by atoms with Crippen LogP contribution in [0.2, 0.25) is 0 Å². The summed E-state index contributed by atoms with van der Waals surface area (Å²) in [6.45, 7) is 5.61. The highest BCUT2D eigenvalue weighted by Gasteiger charge is 2.14. The molecular weight excluding hydrogens is 254 g/mol. The number of rotatable bonds is 6. The molecular formula is C16H23NO3. The summed E-state index contributed by atoms with van der Waals surface area (Å²) in [6, 6.07) is 6.43. The van der Waals surface area contributed by atoms with E-state index in [4.69, 9.17) is 0 Å². The number of nitrogens with one attached hydrogen (secondary N) is 1. The summed E-state index contributed by atoms with van der Waals surface area (Å²) < 4.78 is 0. The molecule has 0 aliphatic rings. The summed E-state index contributed by atoms with van der Waals surface area (Å²) >= 11 is 0. The summed E-state index contributed by atoms with van der Waals surface area (Å²) in [7, 11) is 0. The molecule has 0 fully saturated rings. The lowest BCUT2D eigenvalue weighted by molar-refractivity contribution is -0.118. The van der Waals surface area contributed by atoms with E-state index in [-0.39, 0.29) is 24.3 Å². The molecule has 0 spiro atoms. The third-order valence-electron chi connectivity index (χ3n) is 3.49. The second-order valence-corrected chi connectivity index (χ2v) is 4.98. The molecule has 0 bridgehead atoms. The van der Waals surface area contributed by atoms with Crippen molar-refractivity contribution >= 4 is 5.91 Å². The van der Waals surface area contributed by atoms with Gasteiger partial charge >= 0.3 is 0 Å². The Morgan fingerprint density at radius 2 is 1.85 bits per heavy atom. The van der Waals surface area contributed by atoms with Gasteiger partial charge in [0.15, 0.2) is 0 Å². The number of phenolic OH excluding ortho intramolecular Hbond substituents is 1. The van der Waals surface area contributed by atoms with E-state index in [2.05, 4.69) is 5.32 Å². The number of aliphatic hydroxyl groups excluding tert-OH is 1. The van der Waals surface area contributed by atoms with Crippen LogP contribution in [-0.4, -0.2) is 28.8 Å². The number of allylic oxidation sites excluding steroid dienone is 1. The van der Waals surface area contributed by atoms with E-state index in [1.807, 2.05) is 13.8 Å². The van der Waals surface area contributed by atoms with Gasteiger partial charge in [-0.3, -0.25) is 4.79 Å². The van der Waals surface area contributed by atoms with Crippen molar-refractivity contribution in [2.75, 3.05) is 6.61 Å². The van der Waals surface area contributed by atoms with E-state index in [9.17, 15) is 15.0 Å². The number of phenols is 1. The van der Waals surface area contributed by atoms with Gasteiger partial charge in [-0.15, -0.1) is 0 Å². The molecule has 0 radical (unpaired) electrons. The van der Waals surface area contributed by atoms with Crippen molar-refractivity contribution in [1.82, 2.24) is 5.32 Å². The Hall–Kier alpha value is -1.81. The maximum Gasteiger partial charge on any atom is 0.247 e. The maximum absolute atomic E-state index is 12.0. The Labute approximate surface area is 120 Å². The molecule has 1 amide bonds. The number of carbonyl (C=O) groups is 1. The van der Waals surface area contributed by atoms with Gasteiger partial charge in [-0.1, -0.05) is 24.6 Å². The Bertz CT molecular complexity index is 477. The molecule has 1 atom stereocenters. The fraction of sp³-hybridized carbons (Fsp3) is 0.438. The number of carbonyl (C=O) groups excluding carboxylic acids is 1. The predicted octanol–water partition coefficient (Wildman–Crippen LogP) is 2.16. The summed E-state index contributed by atoms with van der Waals surface area (Å²) in [5, 5.41) is 21.5. The Morgan fingerprint density at radius 3 is 2.35 bits per heavy atom. The monoisotopic (exact) mass is 277 g/mol. The molecule has 1 aromatic carbocycles. The van der Waals surface area contributed by atoms with Gasteiger partial charge < -0.3 is 15.5 Å². The third kappa shape index (κ3) is 4.70. The van der Waals surface area contributed by atoms with Gasteiger partial charge in [0.05, 0.1) is 12.6 Å². The van der Waals surface area contributed by atoms with Crippen LogP contribution in [-0.2, 0) is 11.2 Å². The van der Waals surface area contributed by atoms with Crippen molar-refractivity contribution in [3.63, 3.8) is 0 Å². The molecule has 3 N–H and O–H groups in total. The summed E-state index contributed by atoms with van der Waals surface area (Å²) in [5.74, 6) is 0.0675. The fourth-order valence-electron chi connectivity index (χ4n) is 1.83. The molecule has 0 aromatic heterocycles. The molecule has 0 saturated heterocycles. The third-order valence-corrected chi connectivity index (χ3v) is 3.49. The van der Waals surface area contributed by atoms with Gasteiger partial charge in [0.2, 0.25) is 5.91 Å². The average molecular weight is 277 g/mol. The average Bonchev–Trinajstić information content (AvgIpc) is 2.46. The van der Waals surface area contributed by atoms with Gasteiger partial charge in [-0.2, -0.15) is 0 Å². The Morgan fingerprint density at radius 1 is 1.25 bits per heavy atom. The van der Waals surface area contributed by atoms with Crippen molar-refractivity contribution in [3.8, 4) is 5.75 Å². The van der Waals surface area contributed by atoms with Gasteiger partial charge in [-0.05, 0) is 44.4 Å². The van der Waals surface area contributed by atoms with Crippen LogP contribution in [0.3, 0.4) is 0 Å². The van der Waals surface area contributed by atoms with Crippen molar-refractivity contribution in [3.05, 3.63) is 41.0 Å². The van der Waals surface area contributed by atoms with Crippen LogP contribution in [0.1, 0.15) is 32.8 Å². The lowest BCUT2D eigenvalue weighted by Crippen LogP contribution is -2.39. The number of aromatic hydroxyl groups is 1. The van der Waals surface area contributed by atoms with Gasteiger partial charge in [0.1, 0.15) is 5.75 Å². The highest BCUT2D eigenvalue weighted by atomic mass is 16.3. The minimum absolute atomic E-state index is 0.120. The standard InChI is InChI=1S/C16H23NO3/c1-4-11(2)12(3)16(20)17-14(10-18)9-13-5-7-15(19)8-6-13/h5-8,14,18-19H,4,9-10H2,1-3H3,(H,17,20)/b12-11-/t14-/m0/s1. The van der Waals surface area contributed by atoms with Crippen LogP contribution in [0, 0.1) is 0 Å². The number of amides is 1. The zero-order valence-electron chi connectivity index (χ0n) is 12.3. The highest BCUT2D eigenvalue weighted by molar-refractivity contribution is 5.93. The van der Waals surface area contributed by atoms with Gasteiger partial charge in [0.25, 0.3) is 0 Å². The quantitative estimate of drug-likeness (QED) is 0.698. The Balaban J connectivity index is 2.68. The Kier molecular flexibility index (Phi) is 6.25. The summed E-state index contributed by atoms with van der Waals surface area (Å²) in [5.41, 5.74) is 2.71. The van der Waals surface area contributed by atoms with E-state index in [1.165, 1.54) is 0 Å². The minimum atomic E-state index is -0.327. The van der Waals surface area contributed by atoms with Crippen molar-refractivity contribution in [2.45, 2.75) is 39.7 Å². The highest BCUT2D eigenvalue weighted by Crippen LogP contribution is 2.12. The molecule has 0 aliphatic carbocycles. The zero-order chi connectivity index (χ0) is 15.1. The first-order valence-corrected chi connectivity index (χ1v) is 6.83. The second kappa shape index (κ2) is 7.70. The molecule has 0 saturated carbocycles. The molecule has 1 rings (SSSR count). The van der Waals surface area contributed by atoms with E-state index in [0.29, 0.717) is 12.0 Å². The van der Waals surface area contributed by atoms with E-state index in [0.717, 1.165) is 17.6 Å². The van der Waals surface area contributed by atoms with E-state index in [1.54, 1.807) is 31.2 Å². The molecule has 20 heavy (non-hydrogen) atoms. The van der Waals surface area contributed by atoms with Gasteiger partial charge in [0, 0.05) is 5.57 Å². The first-order valence-electron chi connectivity index (χ1n) is 6.83. The van der Waals surface area contributed by atoms with Crippen molar-refractivity contribution < 1.29 is 15.0 Å². The van der Waals surface area contributed by atoms with E-state index >= 15 is 0 Å². The zero-order valence-corrected chi connectivity index (χ0v) is 12.3. The van der Waals surface area contributed by atoms with Crippen LogP contribution in [0.5, 0.6) is 5.75 Å². The number of benzene rings is 1. The summed E-state index contributed by atoms with van der Waals surface area (Å²) in [4.78, 5) is 12.0. The molecule has 0 unspecified atom stereocenters. The lowest BCUT2D eigenvalue weighted by atomic mass is 10.0. The van der Waals surface area contributed by atoms with E-state index < -0.39 is 0 Å². The van der Waals surface area contributed by atoms with Crippen molar-refractivity contribution in [1.29, 1.82) is 0 Å². The largest absolute Gasteiger partial charge is 0.508 e. The summed E-state index contributed by atoms with van der Waals surface area (Å²) in [6.07, 6.45) is 1.36. The topological polar surface area (TPSA) is 69.6 Å². The van der Waals surface area contributed by atoms with Gasteiger partial charge in [-0.25, -0.2) is 0 Å². The fourth-order valence-corrected chi connectivity index (χ4v) is 1.83. The SMILES string of the molecule is CC/C(C)=C(/C)C(=O)N[C@H](CO)Cc1ccc(O)cc1. The molecule has 0 aliphatic heterocycles. The predicted molar refractivity (Wildman–Crippen MR) is 79.5 cm³/mol. The minimum Gasteiger partial charge on any atom is -0.508 e. The van der Waals surface area contributed by atoms with Crippen LogP contribution < -0.4 is 5.32 Å². The first kappa shape index (κ1) is 16.2. The first-order chi connectivity index (χ1) is 9.47. The maximum atomic E-state index is 12.0.